The molecular formula is C9H15N3O3S2. The van der Waals surface area contributed by atoms with E-state index in [1.165, 1.54) is 4.90 Å². The van der Waals surface area contributed by atoms with Gasteiger partial charge in [-0.05, 0) is 6.92 Å². The first-order valence-electron chi connectivity index (χ1n) is 5.07. The minimum absolute atomic E-state index is 0.108. The summed E-state index contributed by atoms with van der Waals surface area (Å²) in [5, 5.41) is 0.766. The lowest BCUT2D eigenvalue weighted by Crippen LogP contribution is -2.16. The van der Waals surface area contributed by atoms with Crippen molar-refractivity contribution >= 4 is 28.5 Å². The molecule has 1 heterocycles. The third-order valence-electron chi connectivity index (χ3n) is 1.59. The third kappa shape index (κ3) is 5.33. The Bertz CT molecular complexity index is 357. The fourth-order valence-corrected chi connectivity index (χ4v) is 2.05. The summed E-state index contributed by atoms with van der Waals surface area (Å²) in [6.07, 6.45) is 0. The van der Waals surface area contributed by atoms with Gasteiger partial charge in [0.1, 0.15) is 6.61 Å². The van der Waals surface area contributed by atoms with Gasteiger partial charge >= 0.3 is 0 Å². The Hall–Kier alpha value is -0.860. The van der Waals surface area contributed by atoms with Crippen LogP contribution in [-0.2, 0) is 4.74 Å². The van der Waals surface area contributed by atoms with Gasteiger partial charge in [-0.3, -0.25) is 4.79 Å². The molecule has 0 spiro atoms. The highest BCUT2D eigenvalue weighted by Crippen LogP contribution is 2.23. The maximum atomic E-state index is 11.4. The number of rotatable bonds is 6. The standard InChI is InChI=1S/C9H15N3O3S2/c1-4-14-5-6-15-8-10-7(11-17-8)16-9(13)12(2)3/h4-6H2,1-3H3. The quantitative estimate of drug-likeness (QED) is 0.583. The summed E-state index contributed by atoms with van der Waals surface area (Å²) in [7, 11) is 3.36. The van der Waals surface area contributed by atoms with Gasteiger partial charge in [-0.1, -0.05) is 0 Å². The van der Waals surface area contributed by atoms with Crippen LogP contribution in [0.5, 0.6) is 5.19 Å². The molecule has 96 valence electrons. The Morgan fingerprint density at radius 1 is 1.47 bits per heavy atom. The van der Waals surface area contributed by atoms with Crippen LogP contribution in [0.2, 0.25) is 0 Å². The molecular weight excluding hydrogens is 262 g/mol. The molecule has 1 amide bonds. The van der Waals surface area contributed by atoms with Crippen LogP contribution in [-0.4, -0.2) is 53.4 Å². The number of aromatic nitrogens is 2. The number of nitrogens with zero attached hydrogens (tertiary/aromatic N) is 3. The lowest BCUT2D eigenvalue weighted by Gasteiger charge is -2.06. The average Bonchev–Trinajstić information content (AvgIpc) is 2.72. The first kappa shape index (κ1) is 14.2. The van der Waals surface area contributed by atoms with Crippen molar-refractivity contribution in [3.8, 4) is 5.19 Å². The van der Waals surface area contributed by atoms with Gasteiger partial charge < -0.3 is 14.4 Å². The predicted molar refractivity (Wildman–Crippen MR) is 66.8 cm³/mol. The lowest BCUT2D eigenvalue weighted by atomic mass is 10.7. The third-order valence-corrected chi connectivity index (χ3v) is 3.24. The molecule has 0 bridgehead atoms. The Morgan fingerprint density at radius 3 is 2.88 bits per heavy atom. The van der Waals surface area contributed by atoms with Crippen LogP contribution in [0.1, 0.15) is 6.92 Å². The molecule has 0 saturated carbocycles. The minimum Gasteiger partial charge on any atom is -0.467 e. The predicted octanol–water partition coefficient (Wildman–Crippen LogP) is 1.73. The molecule has 17 heavy (non-hydrogen) atoms. The number of hydrogen-bond acceptors (Lipinski definition) is 7. The van der Waals surface area contributed by atoms with E-state index in [4.69, 9.17) is 9.47 Å². The van der Waals surface area contributed by atoms with Crippen molar-refractivity contribution < 1.29 is 14.3 Å². The number of carbonyl (C=O) groups excluding carboxylic acids is 1. The molecule has 0 aliphatic carbocycles. The van der Waals surface area contributed by atoms with E-state index in [-0.39, 0.29) is 5.24 Å². The van der Waals surface area contributed by atoms with E-state index < -0.39 is 0 Å². The number of carbonyl (C=O) groups is 1. The van der Waals surface area contributed by atoms with Gasteiger partial charge in [-0.25, -0.2) is 0 Å². The van der Waals surface area contributed by atoms with Gasteiger partial charge in [0, 0.05) is 44.0 Å². The molecule has 0 atom stereocenters. The molecule has 0 aromatic carbocycles. The average molecular weight is 277 g/mol. The van der Waals surface area contributed by atoms with Crippen LogP contribution in [0.15, 0.2) is 5.16 Å². The molecule has 1 aromatic rings. The fraction of sp³-hybridized carbons (Fsp3) is 0.667. The summed E-state index contributed by atoms with van der Waals surface area (Å²) in [6.45, 7) is 3.55. The smallest absolute Gasteiger partial charge is 0.294 e. The normalized spacial score (nSPS) is 10.3. The Morgan fingerprint density at radius 2 is 2.24 bits per heavy atom. The highest BCUT2D eigenvalue weighted by molar-refractivity contribution is 8.13. The summed E-state index contributed by atoms with van der Waals surface area (Å²) in [6, 6.07) is 0. The molecule has 8 heteroatoms. The van der Waals surface area contributed by atoms with Crippen LogP contribution in [0, 0.1) is 0 Å². The van der Waals surface area contributed by atoms with E-state index in [0.29, 0.717) is 30.2 Å². The number of thioether (sulfide) groups is 1. The summed E-state index contributed by atoms with van der Waals surface area (Å²) in [4.78, 5) is 16.9. The second kappa shape index (κ2) is 7.46. The molecule has 6 nitrogen and oxygen atoms in total. The molecule has 0 unspecified atom stereocenters. The van der Waals surface area contributed by atoms with E-state index >= 15 is 0 Å². The number of hydrogen-bond donors (Lipinski definition) is 0. The first-order valence-corrected chi connectivity index (χ1v) is 6.66. The zero-order chi connectivity index (χ0) is 12.7. The molecule has 0 saturated heterocycles. The van der Waals surface area contributed by atoms with Crippen LogP contribution in [0.3, 0.4) is 0 Å². The van der Waals surface area contributed by atoms with Gasteiger partial charge in [0.05, 0.1) is 6.61 Å². The molecule has 1 aromatic heterocycles. The lowest BCUT2D eigenvalue weighted by molar-refractivity contribution is 0.110. The van der Waals surface area contributed by atoms with Gasteiger partial charge in [0.25, 0.3) is 10.4 Å². The van der Waals surface area contributed by atoms with E-state index in [2.05, 4.69) is 9.36 Å². The molecule has 0 radical (unpaired) electrons. The zero-order valence-corrected chi connectivity index (χ0v) is 11.6. The van der Waals surface area contributed by atoms with Gasteiger partial charge in [-0.15, -0.1) is 0 Å². The SMILES string of the molecule is CCOCCOc1nc(SC(=O)N(C)C)ns1. The van der Waals surface area contributed by atoms with E-state index in [1.807, 2.05) is 6.92 Å². The van der Waals surface area contributed by atoms with Crippen LogP contribution in [0.4, 0.5) is 4.79 Å². The second-order valence-electron chi connectivity index (χ2n) is 3.15. The van der Waals surface area contributed by atoms with Crippen molar-refractivity contribution in [3.05, 3.63) is 0 Å². The maximum Gasteiger partial charge on any atom is 0.294 e. The monoisotopic (exact) mass is 277 g/mol. The van der Waals surface area contributed by atoms with Crippen LogP contribution >= 0.6 is 23.3 Å². The van der Waals surface area contributed by atoms with Crippen molar-refractivity contribution in [1.82, 2.24) is 14.3 Å². The highest BCUT2D eigenvalue weighted by atomic mass is 32.2. The number of amides is 1. The van der Waals surface area contributed by atoms with Gasteiger partial charge in [0.2, 0.25) is 5.16 Å². The van der Waals surface area contributed by atoms with Crippen molar-refractivity contribution in [1.29, 1.82) is 0 Å². The molecule has 1 rings (SSSR count). The first-order chi connectivity index (χ1) is 8.13. The fourth-order valence-electron chi connectivity index (χ4n) is 0.799. The zero-order valence-electron chi connectivity index (χ0n) is 10.0. The topological polar surface area (TPSA) is 64.6 Å². The molecule has 0 aliphatic rings. The van der Waals surface area contributed by atoms with Crippen LogP contribution in [0.25, 0.3) is 0 Å². The Balaban J connectivity index is 2.35. The van der Waals surface area contributed by atoms with Gasteiger partial charge in [0.15, 0.2) is 0 Å². The molecule has 0 aliphatic heterocycles. The molecule has 0 fully saturated rings. The largest absolute Gasteiger partial charge is 0.467 e. The van der Waals surface area contributed by atoms with E-state index in [0.717, 1.165) is 23.3 Å². The summed E-state index contributed by atoms with van der Waals surface area (Å²) < 4.78 is 14.5. The van der Waals surface area contributed by atoms with Crippen molar-refractivity contribution in [2.75, 3.05) is 33.9 Å². The van der Waals surface area contributed by atoms with E-state index in [1.54, 1.807) is 14.1 Å². The Kier molecular flexibility index (Phi) is 6.23. The van der Waals surface area contributed by atoms with Crippen molar-refractivity contribution in [2.24, 2.45) is 0 Å². The highest BCUT2D eigenvalue weighted by Gasteiger charge is 2.12. The summed E-state index contributed by atoms with van der Waals surface area (Å²) in [5.74, 6) is 0. The Labute approximate surface area is 108 Å². The second-order valence-corrected chi connectivity index (χ2v) is 4.78. The maximum absolute atomic E-state index is 11.4. The summed E-state index contributed by atoms with van der Waals surface area (Å²) in [5.41, 5.74) is 0. The van der Waals surface area contributed by atoms with E-state index in [9.17, 15) is 4.79 Å². The molecule has 0 N–H and O–H groups in total. The van der Waals surface area contributed by atoms with Crippen LogP contribution < -0.4 is 4.74 Å². The van der Waals surface area contributed by atoms with Crippen molar-refractivity contribution in [2.45, 2.75) is 12.1 Å². The van der Waals surface area contributed by atoms with Crippen molar-refractivity contribution in [3.63, 3.8) is 0 Å². The minimum atomic E-state index is -0.108. The number of ether oxygens (including phenoxy) is 2. The summed E-state index contributed by atoms with van der Waals surface area (Å²) >= 11 is 2.11. The van der Waals surface area contributed by atoms with Gasteiger partial charge in [-0.2, -0.15) is 9.36 Å².